The highest BCUT2D eigenvalue weighted by Crippen LogP contribution is 2.39. The molecule has 1 fully saturated rings. The quantitative estimate of drug-likeness (QED) is 0.752. The van der Waals surface area contributed by atoms with Crippen LogP contribution in [0.5, 0.6) is 0 Å². The van der Waals surface area contributed by atoms with Gasteiger partial charge in [-0.3, -0.25) is 0 Å². The number of nitrogens with one attached hydrogen (secondary N) is 1. The van der Waals surface area contributed by atoms with Gasteiger partial charge >= 0.3 is 0 Å². The Balaban J connectivity index is 1.97. The average Bonchev–Trinajstić information content (AvgIpc) is 3.20. The van der Waals surface area contributed by atoms with Gasteiger partial charge < -0.3 is 15.8 Å². The molecule has 0 spiro atoms. The second kappa shape index (κ2) is 5.63. The number of benzene rings is 1. The van der Waals surface area contributed by atoms with Crippen LogP contribution in [0.2, 0.25) is 0 Å². The first-order valence-corrected chi connectivity index (χ1v) is 6.29. The Morgan fingerprint density at radius 3 is 2.59 bits per heavy atom. The van der Waals surface area contributed by atoms with Gasteiger partial charge in [0.1, 0.15) is 0 Å². The van der Waals surface area contributed by atoms with E-state index in [9.17, 15) is 0 Å². The van der Waals surface area contributed by atoms with E-state index in [0.717, 1.165) is 6.54 Å². The summed E-state index contributed by atoms with van der Waals surface area (Å²) in [6.07, 6.45) is 2.53. The van der Waals surface area contributed by atoms with E-state index in [2.05, 4.69) is 29.6 Å². The van der Waals surface area contributed by atoms with Crippen LogP contribution in [0.15, 0.2) is 30.3 Å². The molecule has 2 rings (SSSR count). The number of ether oxygens (including phenoxy) is 1. The molecule has 3 heteroatoms. The maximum Gasteiger partial charge on any atom is 0.0659 e. The lowest BCUT2D eigenvalue weighted by atomic mass is 9.93. The lowest BCUT2D eigenvalue weighted by Crippen LogP contribution is -2.56. The first kappa shape index (κ1) is 12.6. The molecule has 0 amide bonds. The molecule has 0 radical (unpaired) electrons. The summed E-state index contributed by atoms with van der Waals surface area (Å²) in [6, 6.07) is 10.4. The van der Waals surface area contributed by atoms with Crippen LogP contribution in [0.4, 0.5) is 0 Å². The van der Waals surface area contributed by atoms with E-state index in [1.54, 1.807) is 7.11 Å². The summed E-state index contributed by atoms with van der Waals surface area (Å²) >= 11 is 0. The molecule has 0 heterocycles. The van der Waals surface area contributed by atoms with Crippen molar-refractivity contribution in [3.8, 4) is 0 Å². The first-order valence-electron chi connectivity index (χ1n) is 6.29. The molecular formula is C14H22N2O. The molecule has 1 unspecified atom stereocenters. The second-order valence-corrected chi connectivity index (χ2v) is 4.91. The van der Waals surface area contributed by atoms with Crippen molar-refractivity contribution in [2.45, 2.75) is 24.9 Å². The summed E-state index contributed by atoms with van der Waals surface area (Å²) in [5.41, 5.74) is 7.21. The zero-order chi connectivity index (χ0) is 12.1. The van der Waals surface area contributed by atoms with Crippen molar-refractivity contribution in [3.63, 3.8) is 0 Å². The molecule has 1 atom stereocenters. The summed E-state index contributed by atoms with van der Waals surface area (Å²) in [5.74, 6) is 0.677. The zero-order valence-electron chi connectivity index (χ0n) is 10.5. The van der Waals surface area contributed by atoms with Gasteiger partial charge in [-0.2, -0.15) is 0 Å². The average molecular weight is 234 g/mol. The highest BCUT2D eigenvalue weighted by Gasteiger charge is 2.43. The summed E-state index contributed by atoms with van der Waals surface area (Å²) in [4.78, 5) is 0. The predicted octanol–water partition coefficient (Wildman–Crippen LogP) is 1.53. The van der Waals surface area contributed by atoms with Crippen LogP contribution in [0.3, 0.4) is 0 Å². The molecular weight excluding hydrogens is 212 g/mol. The minimum Gasteiger partial charge on any atom is -0.383 e. The van der Waals surface area contributed by atoms with Crippen LogP contribution in [-0.4, -0.2) is 25.8 Å². The first-order chi connectivity index (χ1) is 8.30. The Hall–Kier alpha value is -0.900. The number of methoxy groups -OCH3 is 1. The summed E-state index contributed by atoms with van der Waals surface area (Å²) in [6.45, 7) is 2.19. The molecule has 0 aromatic heterocycles. The van der Waals surface area contributed by atoms with E-state index in [1.807, 2.05) is 6.07 Å². The van der Waals surface area contributed by atoms with Crippen molar-refractivity contribution in [3.05, 3.63) is 35.9 Å². The Morgan fingerprint density at radius 2 is 2.06 bits per heavy atom. The topological polar surface area (TPSA) is 47.3 Å². The van der Waals surface area contributed by atoms with Gasteiger partial charge in [0.05, 0.1) is 12.1 Å². The normalized spacial score (nSPS) is 18.9. The molecule has 1 saturated carbocycles. The number of rotatable bonds is 7. The third kappa shape index (κ3) is 3.06. The van der Waals surface area contributed by atoms with Crippen molar-refractivity contribution in [2.75, 3.05) is 20.3 Å². The second-order valence-electron chi connectivity index (χ2n) is 4.91. The molecule has 1 aliphatic rings. The van der Waals surface area contributed by atoms with E-state index in [0.29, 0.717) is 19.1 Å². The van der Waals surface area contributed by atoms with E-state index in [4.69, 9.17) is 10.5 Å². The highest BCUT2D eigenvalue weighted by molar-refractivity contribution is 5.15. The molecule has 1 aromatic rings. The van der Waals surface area contributed by atoms with Crippen molar-refractivity contribution >= 4 is 0 Å². The zero-order valence-corrected chi connectivity index (χ0v) is 10.5. The van der Waals surface area contributed by atoms with E-state index < -0.39 is 0 Å². The fourth-order valence-corrected chi connectivity index (χ4v) is 2.38. The Morgan fingerprint density at radius 1 is 1.35 bits per heavy atom. The van der Waals surface area contributed by atoms with Crippen LogP contribution < -0.4 is 11.1 Å². The number of hydrogen-bond donors (Lipinski definition) is 2. The van der Waals surface area contributed by atoms with Crippen molar-refractivity contribution < 1.29 is 4.74 Å². The Kier molecular flexibility index (Phi) is 4.15. The largest absolute Gasteiger partial charge is 0.383 e. The van der Waals surface area contributed by atoms with Gasteiger partial charge in [0.2, 0.25) is 0 Å². The number of nitrogens with two attached hydrogens (primary N) is 1. The van der Waals surface area contributed by atoms with Crippen LogP contribution in [-0.2, 0) is 11.3 Å². The number of hydrogen-bond acceptors (Lipinski definition) is 3. The Bertz CT molecular complexity index is 337. The smallest absolute Gasteiger partial charge is 0.0659 e. The van der Waals surface area contributed by atoms with Crippen molar-refractivity contribution in [1.29, 1.82) is 0 Å². The van der Waals surface area contributed by atoms with Crippen molar-refractivity contribution in [1.82, 2.24) is 5.32 Å². The van der Waals surface area contributed by atoms with Gasteiger partial charge in [-0.1, -0.05) is 30.3 Å². The van der Waals surface area contributed by atoms with E-state index >= 15 is 0 Å². The highest BCUT2D eigenvalue weighted by atomic mass is 16.5. The SMILES string of the molecule is COCC(CN)(NCc1ccccc1)C1CC1. The molecule has 0 bridgehead atoms. The van der Waals surface area contributed by atoms with Gasteiger partial charge in [0, 0.05) is 20.2 Å². The summed E-state index contributed by atoms with van der Waals surface area (Å²) in [5, 5.41) is 3.61. The lowest BCUT2D eigenvalue weighted by Gasteiger charge is -2.33. The minimum atomic E-state index is -0.0371. The van der Waals surface area contributed by atoms with Gasteiger partial charge in [-0.05, 0) is 24.3 Å². The standard InChI is InChI=1S/C14H22N2O/c1-17-11-14(10-15,13-7-8-13)16-9-12-5-3-2-4-6-12/h2-6,13,16H,7-11,15H2,1H3. The maximum absolute atomic E-state index is 5.96. The van der Waals surface area contributed by atoms with E-state index in [1.165, 1.54) is 18.4 Å². The Labute approximate surface area is 103 Å². The van der Waals surface area contributed by atoms with Crippen LogP contribution in [0, 0.1) is 5.92 Å². The lowest BCUT2D eigenvalue weighted by molar-refractivity contribution is 0.0975. The summed E-state index contributed by atoms with van der Waals surface area (Å²) < 4.78 is 5.35. The van der Waals surface area contributed by atoms with Crippen LogP contribution in [0.1, 0.15) is 18.4 Å². The molecule has 94 valence electrons. The minimum absolute atomic E-state index is 0.0371. The fourth-order valence-electron chi connectivity index (χ4n) is 2.38. The van der Waals surface area contributed by atoms with Crippen LogP contribution in [0.25, 0.3) is 0 Å². The van der Waals surface area contributed by atoms with Gasteiger partial charge in [0.25, 0.3) is 0 Å². The molecule has 0 saturated heterocycles. The fraction of sp³-hybridized carbons (Fsp3) is 0.571. The molecule has 1 aromatic carbocycles. The summed E-state index contributed by atoms with van der Waals surface area (Å²) in [7, 11) is 1.75. The third-order valence-corrected chi connectivity index (χ3v) is 3.61. The molecule has 17 heavy (non-hydrogen) atoms. The van der Waals surface area contributed by atoms with Gasteiger partial charge in [-0.15, -0.1) is 0 Å². The third-order valence-electron chi connectivity index (χ3n) is 3.61. The van der Waals surface area contributed by atoms with Crippen LogP contribution >= 0.6 is 0 Å². The van der Waals surface area contributed by atoms with Crippen molar-refractivity contribution in [2.24, 2.45) is 11.7 Å². The van der Waals surface area contributed by atoms with Gasteiger partial charge in [0.15, 0.2) is 0 Å². The maximum atomic E-state index is 5.96. The monoisotopic (exact) mass is 234 g/mol. The van der Waals surface area contributed by atoms with Gasteiger partial charge in [-0.25, -0.2) is 0 Å². The predicted molar refractivity (Wildman–Crippen MR) is 69.7 cm³/mol. The molecule has 0 aliphatic heterocycles. The molecule has 3 N–H and O–H groups in total. The van der Waals surface area contributed by atoms with E-state index in [-0.39, 0.29) is 5.54 Å². The molecule has 3 nitrogen and oxygen atoms in total. The molecule has 1 aliphatic carbocycles.